The number of benzene rings is 2. The van der Waals surface area contributed by atoms with Gasteiger partial charge in [0.2, 0.25) is 0 Å². The smallest absolute Gasteiger partial charge is 0.0408 e. The molecule has 0 heterocycles. The second-order valence-electron chi connectivity index (χ2n) is 5.99. The van der Waals surface area contributed by atoms with Crippen LogP contribution in [0.4, 0.5) is 11.4 Å². The molecule has 2 aliphatic rings. The molecule has 1 saturated carbocycles. The number of nitrogens with zero attached hydrogens (tertiary/aromatic N) is 1. The lowest BCUT2D eigenvalue weighted by atomic mass is 9.99. The van der Waals surface area contributed by atoms with Crippen molar-refractivity contribution in [3.8, 4) is 0 Å². The number of allylic oxidation sites excluding steroid dienone is 4. The second-order valence-corrected chi connectivity index (χ2v) is 5.99. The Kier molecular flexibility index (Phi) is 2.92. The van der Waals surface area contributed by atoms with Crippen molar-refractivity contribution < 1.29 is 0 Å². The minimum absolute atomic E-state index is 0.802. The highest BCUT2D eigenvalue weighted by Crippen LogP contribution is 2.46. The molecule has 0 N–H and O–H groups in total. The van der Waals surface area contributed by atoms with Gasteiger partial charge in [0.25, 0.3) is 0 Å². The van der Waals surface area contributed by atoms with Gasteiger partial charge in [-0.3, -0.25) is 0 Å². The van der Waals surface area contributed by atoms with Gasteiger partial charge >= 0.3 is 0 Å². The molecule has 2 atom stereocenters. The quantitative estimate of drug-likeness (QED) is 0.757. The lowest BCUT2D eigenvalue weighted by molar-refractivity contribution is 0.985. The Balaban J connectivity index is 1.58. The van der Waals surface area contributed by atoms with Crippen LogP contribution in [0.3, 0.4) is 0 Å². The second kappa shape index (κ2) is 4.92. The molecule has 2 aromatic carbocycles. The van der Waals surface area contributed by atoms with Crippen LogP contribution in [0.15, 0.2) is 72.8 Å². The first kappa shape index (κ1) is 12.5. The summed E-state index contributed by atoms with van der Waals surface area (Å²) in [6.07, 6.45) is 8.42. The van der Waals surface area contributed by atoms with E-state index in [0.717, 1.165) is 11.8 Å². The molecule has 21 heavy (non-hydrogen) atoms. The summed E-state index contributed by atoms with van der Waals surface area (Å²) in [5, 5.41) is 0. The van der Waals surface area contributed by atoms with Crippen molar-refractivity contribution in [2.24, 2.45) is 11.8 Å². The Morgan fingerprint density at radius 3 is 2.29 bits per heavy atom. The highest BCUT2D eigenvalue weighted by molar-refractivity contribution is 5.77. The zero-order chi connectivity index (χ0) is 14.2. The maximum Gasteiger partial charge on any atom is 0.0408 e. The largest absolute Gasteiger partial charge is 0.345 e. The van der Waals surface area contributed by atoms with Crippen LogP contribution in [0.25, 0.3) is 5.57 Å². The van der Waals surface area contributed by atoms with Crippen LogP contribution in [-0.2, 0) is 0 Å². The maximum absolute atomic E-state index is 2.43. The van der Waals surface area contributed by atoms with E-state index in [0.29, 0.717) is 0 Å². The van der Waals surface area contributed by atoms with Crippen molar-refractivity contribution in [2.75, 3.05) is 11.9 Å². The molecule has 2 unspecified atom stereocenters. The Bertz CT molecular complexity index is 694. The summed E-state index contributed by atoms with van der Waals surface area (Å²) in [5.41, 5.74) is 5.13. The average molecular weight is 273 g/mol. The summed E-state index contributed by atoms with van der Waals surface area (Å²) in [4.78, 5) is 2.21. The standard InChI is InChI=1S/C20H19N/c1-21(19-5-3-2-4-6-19)20-11-9-15(10-12-20)16-7-8-17-14-18(17)13-16/h2-13,17-18H,14H2,1H3. The number of fused-ring (bicyclic) bond motifs is 1. The Morgan fingerprint density at radius 1 is 0.857 bits per heavy atom. The number of rotatable bonds is 3. The molecule has 0 radical (unpaired) electrons. The van der Waals surface area contributed by atoms with E-state index in [1.165, 1.54) is 28.9 Å². The van der Waals surface area contributed by atoms with Crippen LogP contribution in [0, 0.1) is 11.8 Å². The first-order valence-electron chi connectivity index (χ1n) is 7.60. The molecule has 1 heteroatoms. The average Bonchev–Trinajstić information content (AvgIpc) is 3.34. The number of para-hydroxylation sites is 1. The first-order valence-corrected chi connectivity index (χ1v) is 7.60. The molecule has 2 aromatic rings. The fourth-order valence-corrected chi connectivity index (χ4v) is 3.03. The fraction of sp³-hybridized carbons (Fsp3) is 0.200. The van der Waals surface area contributed by atoms with Gasteiger partial charge in [-0.25, -0.2) is 0 Å². The molecule has 1 nitrogen and oxygen atoms in total. The van der Waals surface area contributed by atoms with Gasteiger partial charge in [-0.05, 0) is 53.7 Å². The summed E-state index contributed by atoms with van der Waals surface area (Å²) < 4.78 is 0. The predicted molar refractivity (Wildman–Crippen MR) is 89.7 cm³/mol. The van der Waals surface area contributed by atoms with E-state index in [9.17, 15) is 0 Å². The zero-order valence-corrected chi connectivity index (χ0v) is 12.2. The fourth-order valence-electron chi connectivity index (χ4n) is 3.03. The molecular formula is C20H19N. The molecular weight excluding hydrogens is 254 g/mol. The summed E-state index contributed by atoms with van der Waals surface area (Å²) in [6.45, 7) is 0. The van der Waals surface area contributed by atoms with E-state index in [1.54, 1.807) is 0 Å². The first-order chi connectivity index (χ1) is 10.3. The molecule has 0 aromatic heterocycles. The Morgan fingerprint density at radius 2 is 1.57 bits per heavy atom. The minimum Gasteiger partial charge on any atom is -0.345 e. The number of hydrogen-bond acceptors (Lipinski definition) is 1. The Labute approximate surface area is 126 Å². The normalized spacial score (nSPS) is 22.4. The van der Waals surface area contributed by atoms with E-state index in [-0.39, 0.29) is 0 Å². The van der Waals surface area contributed by atoms with Crippen molar-refractivity contribution in [3.05, 3.63) is 78.4 Å². The minimum atomic E-state index is 0.802. The summed E-state index contributed by atoms with van der Waals surface area (Å²) >= 11 is 0. The van der Waals surface area contributed by atoms with Crippen molar-refractivity contribution in [3.63, 3.8) is 0 Å². The van der Waals surface area contributed by atoms with Gasteiger partial charge in [-0.2, -0.15) is 0 Å². The van der Waals surface area contributed by atoms with Gasteiger partial charge in [0.15, 0.2) is 0 Å². The van der Waals surface area contributed by atoms with Crippen LogP contribution in [-0.4, -0.2) is 7.05 Å². The van der Waals surface area contributed by atoms with E-state index in [2.05, 4.69) is 78.7 Å². The van der Waals surface area contributed by atoms with Crippen LogP contribution >= 0.6 is 0 Å². The molecule has 0 spiro atoms. The SMILES string of the molecule is CN(c1ccccc1)c1ccc(C2=CC3CC3C=C2)cc1. The summed E-state index contributed by atoms with van der Waals surface area (Å²) in [5.74, 6) is 1.63. The third-order valence-corrected chi connectivity index (χ3v) is 4.54. The number of anilines is 2. The van der Waals surface area contributed by atoms with Gasteiger partial charge in [0, 0.05) is 18.4 Å². The lowest BCUT2D eigenvalue weighted by Crippen LogP contribution is -2.08. The van der Waals surface area contributed by atoms with Gasteiger partial charge in [-0.1, -0.05) is 48.6 Å². The molecule has 104 valence electrons. The van der Waals surface area contributed by atoms with Crippen molar-refractivity contribution in [2.45, 2.75) is 6.42 Å². The third-order valence-electron chi connectivity index (χ3n) is 4.54. The molecule has 1 fully saturated rings. The van der Waals surface area contributed by atoms with Gasteiger partial charge in [-0.15, -0.1) is 0 Å². The highest BCUT2D eigenvalue weighted by atomic mass is 15.1. The van der Waals surface area contributed by atoms with Crippen LogP contribution in [0.2, 0.25) is 0 Å². The Hall–Kier alpha value is -2.28. The predicted octanol–water partition coefficient (Wildman–Crippen LogP) is 5.04. The number of hydrogen-bond donors (Lipinski definition) is 0. The zero-order valence-electron chi connectivity index (χ0n) is 12.2. The monoisotopic (exact) mass is 273 g/mol. The molecule has 4 rings (SSSR count). The molecule has 0 bridgehead atoms. The topological polar surface area (TPSA) is 3.24 Å². The maximum atomic E-state index is 2.43. The van der Waals surface area contributed by atoms with E-state index in [1.807, 2.05) is 6.07 Å². The van der Waals surface area contributed by atoms with Crippen molar-refractivity contribution >= 4 is 16.9 Å². The van der Waals surface area contributed by atoms with Gasteiger partial charge in [0.1, 0.15) is 0 Å². The third kappa shape index (κ3) is 2.40. The molecule has 0 aliphatic heterocycles. The van der Waals surface area contributed by atoms with Crippen LogP contribution in [0.1, 0.15) is 12.0 Å². The summed E-state index contributed by atoms with van der Waals surface area (Å²) in [7, 11) is 2.11. The van der Waals surface area contributed by atoms with Crippen LogP contribution in [0.5, 0.6) is 0 Å². The lowest BCUT2D eigenvalue weighted by Gasteiger charge is -2.20. The van der Waals surface area contributed by atoms with Crippen LogP contribution < -0.4 is 4.90 Å². The van der Waals surface area contributed by atoms with E-state index >= 15 is 0 Å². The van der Waals surface area contributed by atoms with E-state index < -0.39 is 0 Å². The molecule has 2 aliphatic carbocycles. The summed E-state index contributed by atoms with van der Waals surface area (Å²) in [6, 6.07) is 19.3. The molecule has 0 saturated heterocycles. The van der Waals surface area contributed by atoms with Crippen molar-refractivity contribution in [1.29, 1.82) is 0 Å². The highest BCUT2D eigenvalue weighted by Gasteiger charge is 2.34. The molecule has 0 amide bonds. The van der Waals surface area contributed by atoms with Gasteiger partial charge in [0.05, 0.1) is 0 Å². The van der Waals surface area contributed by atoms with Gasteiger partial charge < -0.3 is 4.90 Å². The van der Waals surface area contributed by atoms with Crippen molar-refractivity contribution in [1.82, 2.24) is 0 Å². The van der Waals surface area contributed by atoms with E-state index in [4.69, 9.17) is 0 Å².